The summed E-state index contributed by atoms with van der Waals surface area (Å²) in [7, 11) is 3.12. The van der Waals surface area contributed by atoms with Crippen LogP contribution in [0, 0.1) is 23.2 Å². The van der Waals surface area contributed by atoms with Crippen LogP contribution in [0.3, 0.4) is 0 Å². The first-order valence-corrected chi connectivity index (χ1v) is 4.90. The second kappa shape index (κ2) is 8.93. The lowest BCUT2D eigenvalue weighted by Gasteiger charge is -2.14. The highest BCUT2D eigenvalue weighted by molar-refractivity contribution is 6.39. The minimum absolute atomic E-state index is 0.102. The molecule has 92 valence electrons. The Morgan fingerprint density at radius 2 is 1.88 bits per heavy atom. The zero-order valence-corrected chi connectivity index (χ0v) is 11.0. The average molecular weight is 226 g/mol. The third-order valence-electron chi connectivity index (χ3n) is 1.67. The SMILES string of the molecule is C#CC(C)(C)COC.CO/N=C(/C)C(C)=N. The minimum Gasteiger partial charge on any atom is -0.399 e. The van der Waals surface area contributed by atoms with Gasteiger partial charge in [0.05, 0.1) is 18.0 Å². The molecule has 0 aromatic heterocycles. The second-order valence-electron chi connectivity index (χ2n) is 3.95. The van der Waals surface area contributed by atoms with Crippen molar-refractivity contribution in [2.75, 3.05) is 20.8 Å². The number of methoxy groups -OCH3 is 1. The van der Waals surface area contributed by atoms with E-state index in [0.717, 1.165) is 0 Å². The first-order chi connectivity index (χ1) is 7.30. The Kier molecular flexibility index (Phi) is 9.52. The predicted octanol–water partition coefficient (Wildman–Crippen LogP) is 2.34. The van der Waals surface area contributed by atoms with Gasteiger partial charge in [0.15, 0.2) is 0 Å². The highest BCUT2D eigenvalue weighted by Gasteiger charge is 2.11. The van der Waals surface area contributed by atoms with Crippen LogP contribution in [0.25, 0.3) is 0 Å². The van der Waals surface area contributed by atoms with Crippen LogP contribution in [0.2, 0.25) is 0 Å². The van der Waals surface area contributed by atoms with Crippen LogP contribution in [-0.2, 0) is 9.57 Å². The Balaban J connectivity index is 0. The van der Waals surface area contributed by atoms with Crippen molar-refractivity contribution >= 4 is 11.4 Å². The summed E-state index contributed by atoms with van der Waals surface area (Å²) in [5.41, 5.74) is 0.953. The lowest BCUT2D eigenvalue weighted by molar-refractivity contribution is 0.138. The third kappa shape index (κ3) is 10.7. The van der Waals surface area contributed by atoms with Crippen molar-refractivity contribution in [3.8, 4) is 12.3 Å². The topological polar surface area (TPSA) is 54.7 Å². The van der Waals surface area contributed by atoms with Crippen molar-refractivity contribution in [2.45, 2.75) is 27.7 Å². The standard InChI is InChI=1S/C7H12O.C5H10N2O/c1-5-7(2,3)6-8-4;1-4(6)5(2)7-8-3/h1H,6H2,2-4H3;6H,1-3H3/b;6-4?,7-5-. The molecule has 0 aliphatic carbocycles. The van der Waals surface area contributed by atoms with Gasteiger partial charge in [-0.15, -0.1) is 6.42 Å². The number of oxime groups is 1. The van der Waals surface area contributed by atoms with E-state index in [1.165, 1.54) is 7.11 Å². The molecule has 0 spiro atoms. The number of nitrogens with one attached hydrogen (secondary N) is 1. The molecule has 0 radical (unpaired) electrons. The van der Waals surface area contributed by atoms with Crippen molar-refractivity contribution < 1.29 is 9.57 Å². The maximum Gasteiger partial charge on any atom is 0.106 e. The van der Waals surface area contributed by atoms with E-state index in [-0.39, 0.29) is 5.41 Å². The molecule has 0 aliphatic heterocycles. The monoisotopic (exact) mass is 226 g/mol. The molecule has 0 amide bonds. The van der Waals surface area contributed by atoms with Gasteiger partial charge in [-0.05, 0) is 27.7 Å². The van der Waals surface area contributed by atoms with E-state index in [1.807, 2.05) is 13.8 Å². The van der Waals surface area contributed by atoms with Crippen molar-refractivity contribution in [2.24, 2.45) is 10.6 Å². The van der Waals surface area contributed by atoms with Crippen molar-refractivity contribution in [1.29, 1.82) is 5.41 Å². The maximum absolute atomic E-state index is 6.99. The van der Waals surface area contributed by atoms with Crippen LogP contribution in [-0.4, -0.2) is 32.2 Å². The average Bonchev–Trinajstić information content (AvgIpc) is 2.19. The van der Waals surface area contributed by atoms with Gasteiger partial charge in [-0.25, -0.2) is 0 Å². The second-order valence-corrected chi connectivity index (χ2v) is 3.95. The van der Waals surface area contributed by atoms with Gasteiger partial charge >= 0.3 is 0 Å². The quantitative estimate of drug-likeness (QED) is 0.454. The van der Waals surface area contributed by atoms with Gasteiger partial charge in [-0.1, -0.05) is 11.1 Å². The molecule has 0 heterocycles. The summed E-state index contributed by atoms with van der Waals surface area (Å²) in [6, 6.07) is 0. The van der Waals surface area contributed by atoms with Crippen LogP contribution >= 0.6 is 0 Å². The summed E-state index contributed by atoms with van der Waals surface area (Å²) < 4.78 is 4.86. The van der Waals surface area contributed by atoms with E-state index >= 15 is 0 Å². The summed E-state index contributed by atoms with van der Waals surface area (Å²) in [5, 5.41) is 10.5. The Morgan fingerprint density at radius 1 is 1.38 bits per heavy atom. The van der Waals surface area contributed by atoms with E-state index < -0.39 is 0 Å². The van der Waals surface area contributed by atoms with E-state index in [9.17, 15) is 0 Å². The molecule has 0 bridgehead atoms. The fourth-order valence-corrected chi connectivity index (χ4v) is 0.608. The minimum atomic E-state index is -0.102. The van der Waals surface area contributed by atoms with Gasteiger partial charge in [0.2, 0.25) is 0 Å². The number of rotatable bonds is 4. The highest BCUT2D eigenvalue weighted by atomic mass is 16.6. The molecule has 0 aromatic carbocycles. The van der Waals surface area contributed by atoms with Crippen LogP contribution < -0.4 is 0 Å². The van der Waals surface area contributed by atoms with Crippen LogP contribution in [0.15, 0.2) is 5.16 Å². The fraction of sp³-hybridized carbons (Fsp3) is 0.667. The molecular weight excluding hydrogens is 204 g/mol. The summed E-state index contributed by atoms with van der Waals surface area (Å²) in [5.74, 6) is 2.62. The van der Waals surface area contributed by atoms with Gasteiger partial charge in [0, 0.05) is 12.5 Å². The first kappa shape index (κ1) is 17.1. The van der Waals surface area contributed by atoms with Gasteiger partial charge in [-0.2, -0.15) is 0 Å². The van der Waals surface area contributed by atoms with Crippen molar-refractivity contribution in [3.63, 3.8) is 0 Å². The molecule has 0 saturated carbocycles. The molecule has 0 fully saturated rings. The van der Waals surface area contributed by atoms with E-state index in [1.54, 1.807) is 21.0 Å². The summed E-state index contributed by atoms with van der Waals surface area (Å²) in [6.07, 6.45) is 5.16. The molecule has 4 heteroatoms. The third-order valence-corrected chi connectivity index (χ3v) is 1.67. The van der Waals surface area contributed by atoms with Gasteiger partial charge in [-0.3, -0.25) is 0 Å². The Bertz CT molecular complexity index is 275. The molecule has 0 saturated heterocycles. The van der Waals surface area contributed by atoms with E-state index in [4.69, 9.17) is 16.6 Å². The lowest BCUT2D eigenvalue weighted by atomic mass is 9.97. The molecule has 0 atom stereocenters. The number of hydrogen-bond acceptors (Lipinski definition) is 4. The first-order valence-electron chi connectivity index (χ1n) is 4.90. The van der Waals surface area contributed by atoms with Crippen LogP contribution in [0.5, 0.6) is 0 Å². The highest BCUT2D eigenvalue weighted by Crippen LogP contribution is 2.11. The zero-order chi connectivity index (χ0) is 13.2. The predicted molar refractivity (Wildman–Crippen MR) is 68.0 cm³/mol. The van der Waals surface area contributed by atoms with Crippen LogP contribution in [0.4, 0.5) is 0 Å². The van der Waals surface area contributed by atoms with Crippen LogP contribution in [0.1, 0.15) is 27.7 Å². The van der Waals surface area contributed by atoms with Gasteiger partial charge in [0.25, 0.3) is 0 Å². The zero-order valence-electron chi connectivity index (χ0n) is 11.0. The molecule has 0 rings (SSSR count). The Morgan fingerprint density at radius 3 is 2.00 bits per heavy atom. The van der Waals surface area contributed by atoms with Crippen molar-refractivity contribution in [3.05, 3.63) is 0 Å². The normalized spacial score (nSPS) is 10.9. The van der Waals surface area contributed by atoms with E-state index in [2.05, 4.69) is 15.9 Å². The van der Waals surface area contributed by atoms with Crippen molar-refractivity contribution in [1.82, 2.24) is 0 Å². The summed E-state index contributed by atoms with van der Waals surface area (Å²) in [4.78, 5) is 4.41. The van der Waals surface area contributed by atoms with Gasteiger partial charge < -0.3 is 15.0 Å². The Labute approximate surface area is 98.5 Å². The smallest absolute Gasteiger partial charge is 0.106 e. The molecule has 4 nitrogen and oxygen atoms in total. The summed E-state index contributed by atoms with van der Waals surface area (Å²) in [6.45, 7) is 7.96. The molecule has 0 aromatic rings. The Hall–Kier alpha value is -1.34. The molecule has 1 N–H and O–H groups in total. The molecule has 0 aliphatic rings. The maximum atomic E-state index is 6.99. The molecular formula is C12H22N2O2. The largest absolute Gasteiger partial charge is 0.399 e. The number of hydrogen-bond donors (Lipinski definition) is 1. The fourth-order valence-electron chi connectivity index (χ4n) is 0.608. The number of terminal acetylenes is 1. The van der Waals surface area contributed by atoms with E-state index in [0.29, 0.717) is 18.0 Å². The number of nitrogens with zero attached hydrogens (tertiary/aromatic N) is 1. The number of ether oxygens (including phenoxy) is 1. The lowest BCUT2D eigenvalue weighted by Crippen LogP contribution is -2.14. The molecule has 16 heavy (non-hydrogen) atoms. The van der Waals surface area contributed by atoms with Gasteiger partial charge in [0.1, 0.15) is 7.11 Å². The summed E-state index contributed by atoms with van der Waals surface area (Å²) >= 11 is 0. The molecule has 0 unspecified atom stereocenters.